The van der Waals surface area contributed by atoms with E-state index in [1.54, 1.807) is 6.07 Å². The first-order chi connectivity index (χ1) is 14.6. The lowest BCUT2D eigenvalue weighted by Crippen LogP contribution is -2.27. The zero-order valence-electron chi connectivity index (χ0n) is 18.0. The van der Waals surface area contributed by atoms with Crippen molar-refractivity contribution in [1.29, 1.82) is 0 Å². The monoisotopic (exact) mass is 414 g/mol. The lowest BCUT2D eigenvalue weighted by atomic mass is 9.69. The summed E-state index contributed by atoms with van der Waals surface area (Å²) >= 11 is 0. The molecule has 0 aliphatic heterocycles. The number of benzene rings is 2. The fourth-order valence-corrected chi connectivity index (χ4v) is 5.79. The van der Waals surface area contributed by atoms with Crippen molar-refractivity contribution in [2.24, 2.45) is 17.8 Å². The quantitative estimate of drug-likeness (QED) is 0.417. The Hall–Kier alpha value is -1.77. The number of hydrogen-bond acceptors (Lipinski definition) is 0. The van der Waals surface area contributed by atoms with Gasteiger partial charge in [-0.25, -0.2) is 13.2 Å². The molecule has 1 unspecified atom stereocenters. The number of halogens is 3. The number of unbranched alkanes of at least 4 members (excludes halogenated alkanes) is 2. The van der Waals surface area contributed by atoms with E-state index in [1.807, 2.05) is 6.07 Å². The maximum Gasteiger partial charge on any atom is 0.166 e. The van der Waals surface area contributed by atoms with Gasteiger partial charge in [0.05, 0.1) is 0 Å². The van der Waals surface area contributed by atoms with Gasteiger partial charge in [0.25, 0.3) is 0 Å². The summed E-state index contributed by atoms with van der Waals surface area (Å²) in [6.07, 6.45) is 13.4. The third-order valence-corrected chi connectivity index (χ3v) is 7.60. The minimum Gasteiger partial charge on any atom is -0.206 e. The summed E-state index contributed by atoms with van der Waals surface area (Å²) in [4.78, 5) is 0. The molecule has 1 saturated carbocycles. The van der Waals surface area contributed by atoms with E-state index in [2.05, 4.69) is 6.92 Å². The van der Waals surface area contributed by atoms with Crippen LogP contribution in [0, 0.1) is 35.2 Å². The van der Waals surface area contributed by atoms with Crippen molar-refractivity contribution in [1.82, 2.24) is 0 Å². The first-order valence-electron chi connectivity index (χ1n) is 11.8. The van der Waals surface area contributed by atoms with Crippen molar-refractivity contribution >= 4 is 0 Å². The normalized spacial score (nSPS) is 23.9. The van der Waals surface area contributed by atoms with E-state index in [4.69, 9.17) is 0 Å². The highest BCUT2D eigenvalue weighted by molar-refractivity contribution is 5.67. The molecule has 0 amide bonds. The molecule has 0 saturated heterocycles. The minimum absolute atomic E-state index is 0.0128. The zero-order chi connectivity index (χ0) is 21.1. The minimum atomic E-state index is -0.972. The van der Waals surface area contributed by atoms with Gasteiger partial charge in [-0.3, -0.25) is 0 Å². The second-order valence-corrected chi connectivity index (χ2v) is 9.45. The third-order valence-electron chi connectivity index (χ3n) is 7.60. The standard InChI is InChI=1S/C27H33F3/c1-2-3-4-6-18-9-11-19(12-10-18)20-13-15-22-21(17-20)14-16-24(26(22)29)23-7-5-8-25(28)27(23)30/h5,7-8,14,16,18-20H,2-4,6,9-13,15,17H2,1H3. The van der Waals surface area contributed by atoms with Crippen molar-refractivity contribution in [2.75, 3.05) is 0 Å². The van der Waals surface area contributed by atoms with Gasteiger partial charge in [0.1, 0.15) is 5.82 Å². The topological polar surface area (TPSA) is 0 Å². The summed E-state index contributed by atoms with van der Waals surface area (Å²) in [5.74, 6) is 0.0184. The molecule has 162 valence electrons. The summed E-state index contributed by atoms with van der Waals surface area (Å²) in [5.41, 5.74) is 1.96. The molecule has 0 N–H and O–H groups in total. The van der Waals surface area contributed by atoms with E-state index in [9.17, 15) is 8.78 Å². The molecule has 1 atom stereocenters. The molecular formula is C27H33F3. The highest BCUT2D eigenvalue weighted by Gasteiger charge is 2.31. The van der Waals surface area contributed by atoms with Gasteiger partial charge in [0.2, 0.25) is 0 Å². The molecule has 4 rings (SSSR count). The van der Waals surface area contributed by atoms with Crippen LogP contribution in [0.5, 0.6) is 0 Å². The Kier molecular flexibility index (Phi) is 6.85. The molecule has 2 aromatic rings. The molecule has 30 heavy (non-hydrogen) atoms. The van der Waals surface area contributed by atoms with E-state index >= 15 is 4.39 Å². The SMILES string of the molecule is CCCCCC1CCC(C2CCc3c(ccc(-c4cccc(F)c4F)c3F)C2)CC1. The Morgan fingerprint density at radius 3 is 2.33 bits per heavy atom. The van der Waals surface area contributed by atoms with E-state index in [-0.39, 0.29) is 16.9 Å². The molecular weight excluding hydrogens is 381 g/mol. The van der Waals surface area contributed by atoms with Crippen molar-refractivity contribution < 1.29 is 13.2 Å². The second kappa shape index (κ2) is 9.58. The molecule has 0 heterocycles. The van der Waals surface area contributed by atoms with E-state index < -0.39 is 11.6 Å². The fourth-order valence-electron chi connectivity index (χ4n) is 5.79. The maximum atomic E-state index is 15.2. The largest absolute Gasteiger partial charge is 0.206 e. The van der Waals surface area contributed by atoms with Gasteiger partial charge in [-0.2, -0.15) is 0 Å². The summed E-state index contributed by atoms with van der Waals surface area (Å²) in [6, 6.07) is 7.53. The van der Waals surface area contributed by atoms with Crippen LogP contribution in [-0.4, -0.2) is 0 Å². The molecule has 3 heteroatoms. The first kappa shape index (κ1) is 21.5. The van der Waals surface area contributed by atoms with E-state index in [1.165, 1.54) is 63.5 Å². The average molecular weight is 415 g/mol. The highest BCUT2D eigenvalue weighted by atomic mass is 19.2. The Morgan fingerprint density at radius 1 is 0.800 bits per heavy atom. The van der Waals surface area contributed by atoms with E-state index in [0.717, 1.165) is 36.3 Å². The Balaban J connectivity index is 1.43. The van der Waals surface area contributed by atoms with Crippen LogP contribution in [0.3, 0.4) is 0 Å². The van der Waals surface area contributed by atoms with Gasteiger partial charge in [0.15, 0.2) is 11.6 Å². The van der Waals surface area contributed by atoms with Crippen LogP contribution >= 0.6 is 0 Å². The van der Waals surface area contributed by atoms with Crippen LogP contribution in [0.1, 0.15) is 75.8 Å². The van der Waals surface area contributed by atoms with Crippen LogP contribution < -0.4 is 0 Å². The van der Waals surface area contributed by atoms with Crippen LogP contribution in [0.25, 0.3) is 11.1 Å². The first-order valence-corrected chi connectivity index (χ1v) is 11.8. The Labute approximate surface area is 178 Å². The molecule has 0 bridgehead atoms. The van der Waals surface area contributed by atoms with Gasteiger partial charge in [-0.1, -0.05) is 69.7 Å². The van der Waals surface area contributed by atoms with Crippen molar-refractivity contribution in [2.45, 2.75) is 77.6 Å². The van der Waals surface area contributed by atoms with Gasteiger partial charge in [-0.05, 0) is 67.1 Å². The Morgan fingerprint density at radius 2 is 1.57 bits per heavy atom. The van der Waals surface area contributed by atoms with Crippen molar-refractivity contribution in [3.05, 3.63) is 58.9 Å². The number of fused-ring (bicyclic) bond motifs is 1. The molecule has 2 aliphatic rings. The molecule has 1 fully saturated rings. The molecule has 0 nitrogen and oxygen atoms in total. The van der Waals surface area contributed by atoms with Crippen molar-refractivity contribution in [3.8, 4) is 11.1 Å². The molecule has 2 aromatic carbocycles. The predicted octanol–water partition coefficient (Wildman–Crippen LogP) is 8.26. The summed E-state index contributed by atoms with van der Waals surface area (Å²) < 4.78 is 43.0. The molecule has 2 aliphatic carbocycles. The lowest BCUT2D eigenvalue weighted by Gasteiger charge is -2.37. The van der Waals surface area contributed by atoms with Gasteiger partial charge in [0, 0.05) is 11.1 Å². The highest BCUT2D eigenvalue weighted by Crippen LogP contribution is 2.42. The van der Waals surface area contributed by atoms with Gasteiger partial charge < -0.3 is 0 Å². The lowest BCUT2D eigenvalue weighted by molar-refractivity contribution is 0.182. The van der Waals surface area contributed by atoms with Crippen LogP contribution in [0.2, 0.25) is 0 Å². The van der Waals surface area contributed by atoms with Crippen LogP contribution in [-0.2, 0) is 12.8 Å². The van der Waals surface area contributed by atoms with Gasteiger partial charge >= 0.3 is 0 Å². The predicted molar refractivity (Wildman–Crippen MR) is 117 cm³/mol. The smallest absolute Gasteiger partial charge is 0.166 e. The molecule has 0 radical (unpaired) electrons. The summed E-state index contributed by atoms with van der Waals surface area (Å²) in [7, 11) is 0. The average Bonchev–Trinajstić information content (AvgIpc) is 2.77. The van der Waals surface area contributed by atoms with Crippen LogP contribution in [0.4, 0.5) is 13.2 Å². The number of rotatable bonds is 6. The van der Waals surface area contributed by atoms with Crippen molar-refractivity contribution in [3.63, 3.8) is 0 Å². The molecule has 0 aromatic heterocycles. The van der Waals surface area contributed by atoms with Gasteiger partial charge in [-0.15, -0.1) is 0 Å². The van der Waals surface area contributed by atoms with Crippen LogP contribution in [0.15, 0.2) is 30.3 Å². The maximum absolute atomic E-state index is 15.2. The summed E-state index contributed by atoms with van der Waals surface area (Å²) in [5, 5.41) is 0. The molecule has 0 spiro atoms. The third kappa shape index (κ3) is 4.45. The summed E-state index contributed by atoms with van der Waals surface area (Å²) in [6.45, 7) is 2.26. The Bertz CT molecular complexity index is 865. The zero-order valence-corrected chi connectivity index (χ0v) is 18.0. The second-order valence-electron chi connectivity index (χ2n) is 9.45. The van der Waals surface area contributed by atoms with E-state index in [0.29, 0.717) is 17.9 Å². The number of hydrogen-bond donors (Lipinski definition) is 0. The fraction of sp³-hybridized carbons (Fsp3) is 0.556.